The van der Waals surface area contributed by atoms with Crippen LogP contribution < -0.4 is 14.2 Å². The monoisotopic (exact) mass is 409 g/mol. The van der Waals surface area contributed by atoms with Crippen LogP contribution in [0.25, 0.3) is 6.08 Å². The minimum Gasteiger partial charge on any atom is -0.493 e. The zero-order chi connectivity index (χ0) is 20.2. The minimum absolute atomic E-state index is 0.0297. The lowest BCUT2D eigenvalue weighted by Gasteiger charge is -2.15. The zero-order valence-electron chi connectivity index (χ0n) is 16.5. The largest absolute Gasteiger partial charge is 0.493 e. The lowest BCUT2D eigenvalue weighted by molar-refractivity contribution is -0.124. The highest BCUT2D eigenvalue weighted by Gasteiger charge is 2.15. The number of thioether (sulfide) groups is 1. The van der Waals surface area contributed by atoms with Gasteiger partial charge in [0.2, 0.25) is 11.7 Å². The number of hydrogen-bond donors (Lipinski definition) is 0. The van der Waals surface area contributed by atoms with Gasteiger partial charge in [-0.15, -0.1) is 11.8 Å². The van der Waals surface area contributed by atoms with Crippen molar-refractivity contribution in [3.05, 3.63) is 35.9 Å². The molecule has 1 amide bonds. The molecule has 28 heavy (non-hydrogen) atoms. The van der Waals surface area contributed by atoms with Gasteiger partial charge in [0.1, 0.15) is 0 Å². The maximum atomic E-state index is 12.0. The molecule has 0 radical (unpaired) electrons. The number of benzene rings is 1. The Bertz CT molecular complexity index is 660. The van der Waals surface area contributed by atoms with Gasteiger partial charge in [-0.3, -0.25) is 4.79 Å². The summed E-state index contributed by atoms with van der Waals surface area (Å²) in [7, 11) is 4.74. The number of ether oxygens (including phenoxy) is 5. The van der Waals surface area contributed by atoms with Gasteiger partial charge in [0, 0.05) is 25.5 Å². The van der Waals surface area contributed by atoms with E-state index >= 15 is 0 Å². The molecule has 8 heteroatoms. The molecule has 1 aromatic rings. The van der Waals surface area contributed by atoms with E-state index in [1.165, 1.54) is 0 Å². The Balaban J connectivity index is 2.01. The van der Waals surface area contributed by atoms with Gasteiger partial charge in [0.25, 0.3) is 0 Å². The summed E-state index contributed by atoms with van der Waals surface area (Å²) in [5, 5.41) is 0. The molecule has 0 unspecified atom stereocenters. The molecule has 2 rings (SSSR count). The van der Waals surface area contributed by atoms with E-state index in [4.69, 9.17) is 23.7 Å². The van der Waals surface area contributed by atoms with Crippen LogP contribution in [0.2, 0.25) is 0 Å². The Morgan fingerprint density at radius 3 is 2.50 bits per heavy atom. The fourth-order valence-corrected chi connectivity index (χ4v) is 3.39. The molecule has 1 saturated heterocycles. The van der Waals surface area contributed by atoms with Crippen molar-refractivity contribution in [1.82, 2.24) is 4.90 Å². The number of hydrogen-bond acceptors (Lipinski definition) is 7. The van der Waals surface area contributed by atoms with E-state index in [1.54, 1.807) is 45.2 Å². The molecule has 0 spiro atoms. The summed E-state index contributed by atoms with van der Waals surface area (Å²) in [6.45, 7) is 1.80. The predicted molar refractivity (Wildman–Crippen MR) is 110 cm³/mol. The molecule has 1 aliphatic heterocycles. The summed E-state index contributed by atoms with van der Waals surface area (Å²) >= 11 is 1.76. The number of carbonyl (C=O) groups is 1. The molecular weight excluding hydrogens is 382 g/mol. The summed E-state index contributed by atoms with van der Waals surface area (Å²) in [5.41, 5.74) is 0.857. The van der Waals surface area contributed by atoms with Crippen LogP contribution in [0.15, 0.2) is 30.4 Å². The van der Waals surface area contributed by atoms with Crippen LogP contribution >= 0.6 is 11.8 Å². The van der Waals surface area contributed by atoms with Gasteiger partial charge in [-0.2, -0.15) is 0 Å². The number of carbonyl (C=O) groups excluding carboxylic acids is 1. The third kappa shape index (κ3) is 6.78. The first-order valence-corrected chi connectivity index (χ1v) is 10.0. The highest BCUT2D eigenvalue weighted by atomic mass is 32.2. The maximum absolute atomic E-state index is 12.0. The van der Waals surface area contributed by atoms with E-state index in [1.807, 2.05) is 29.2 Å². The predicted octanol–water partition coefficient (Wildman–Crippen LogP) is 2.81. The number of amides is 1. The number of nitrogens with zero attached hydrogens (tertiary/aromatic N) is 1. The number of allylic oxidation sites excluding steroid dienone is 2. The van der Waals surface area contributed by atoms with Gasteiger partial charge in [-0.25, -0.2) is 0 Å². The van der Waals surface area contributed by atoms with Gasteiger partial charge >= 0.3 is 0 Å². The van der Waals surface area contributed by atoms with Gasteiger partial charge in [0.15, 0.2) is 18.3 Å². The third-order valence-electron chi connectivity index (χ3n) is 3.90. The third-order valence-corrected chi connectivity index (χ3v) is 4.87. The van der Waals surface area contributed by atoms with E-state index in [-0.39, 0.29) is 12.7 Å². The van der Waals surface area contributed by atoms with Crippen molar-refractivity contribution in [1.29, 1.82) is 0 Å². The molecule has 1 fully saturated rings. The van der Waals surface area contributed by atoms with Crippen molar-refractivity contribution in [2.75, 3.05) is 59.5 Å². The molecule has 1 heterocycles. The Labute approximate surface area is 170 Å². The molecule has 0 aromatic heterocycles. The quantitative estimate of drug-likeness (QED) is 0.241. The van der Waals surface area contributed by atoms with Gasteiger partial charge < -0.3 is 28.6 Å². The SMILES string of the molecule is COCCOCOc1c(OC)cc(/C=C/C=C/C(=O)N2CCSC2)cc1OC. The first-order valence-electron chi connectivity index (χ1n) is 8.86. The van der Waals surface area contributed by atoms with Crippen molar-refractivity contribution in [3.63, 3.8) is 0 Å². The van der Waals surface area contributed by atoms with Gasteiger partial charge in [-0.05, 0) is 17.7 Å². The topological polar surface area (TPSA) is 66.5 Å². The highest BCUT2D eigenvalue weighted by Crippen LogP contribution is 2.38. The van der Waals surface area contributed by atoms with Crippen LogP contribution in [-0.4, -0.2) is 70.3 Å². The summed E-state index contributed by atoms with van der Waals surface area (Å²) in [5.74, 6) is 3.32. The summed E-state index contributed by atoms with van der Waals surface area (Å²) in [6.07, 6.45) is 6.99. The van der Waals surface area contributed by atoms with Crippen molar-refractivity contribution >= 4 is 23.7 Å². The average molecular weight is 410 g/mol. The van der Waals surface area contributed by atoms with Crippen molar-refractivity contribution in [3.8, 4) is 17.2 Å². The summed E-state index contributed by atoms with van der Waals surface area (Å²) < 4.78 is 26.7. The average Bonchev–Trinajstić information content (AvgIpc) is 3.26. The molecule has 7 nitrogen and oxygen atoms in total. The van der Waals surface area contributed by atoms with E-state index in [0.717, 1.165) is 23.7 Å². The normalized spacial score (nSPS) is 14.2. The highest BCUT2D eigenvalue weighted by molar-refractivity contribution is 7.99. The maximum Gasteiger partial charge on any atom is 0.247 e. The van der Waals surface area contributed by atoms with E-state index in [9.17, 15) is 4.79 Å². The fraction of sp³-hybridized carbons (Fsp3) is 0.450. The van der Waals surface area contributed by atoms with Gasteiger partial charge in [-0.1, -0.05) is 18.2 Å². The minimum atomic E-state index is 0.0297. The first kappa shape index (κ1) is 22.1. The molecular formula is C20H27NO6S. The molecule has 1 aliphatic rings. The van der Waals surface area contributed by atoms with Crippen LogP contribution in [0.4, 0.5) is 0 Å². The Morgan fingerprint density at radius 2 is 1.89 bits per heavy atom. The molecule has 0 bridgehead atoms. The Morgan fingerprint density at radius 1 is 1.14 bits per heavy atom. The van der Waals surface area contributed by atoms with Crippen molar-refractivity contribution in [2.24, 2.45) is 0 Å². The lowest BCUT2D eigenvalue weighted by Crippen LogP contribution is -2.25. The Kier molecular flexibility index (Phi) is 9.74. The number of methoxy groups -OCH3 is 3. The van der Waals surface area contributed by atoms with Crippen LogP contribution in [0.5, 0.6) is 17.2 Å². The molecule has 154 valence electrons. The van der Waals surface area contributed by atoms with Crippen LogP contribution in [0.3, 0.4) is 0 Å². The summed E-state index contributed by atoms with van der Waals surface area (Å²) in [4.78, 5) is 13.8. The van der Waals surface area contributed by atoms with Crippen LogP contribution in [0.1, 0.15) is 5.56 Å². The first-order chi connectivity index (χ1) is 13.7. The lowest BCUT2D eigenvalue weighted by atomic mass is 10.1. The van der Waals surface area contributed by atoms with E-state index < -0.39 is 0 Å². The van der Waals surface area contributed by atoms with Crippen LogP contribution in [-0.2, 0) is 14.3 Å². The fourth-order valence-electron chi connectivity index (χ4n) is 2.44. The number of rotatable bonds is 11. The van der Waals surface area contributed by atoms with E-state index in [0.29, 0.717) is 30.5 Å². The molecule has 0 saturated carbocycles. The summed E-state index contributed by atoms with van der Waals surface area (Å²) in [6, 6.07) is 3.66. The second-order valence-corrected chi connectivity index (χ2v) is 6.85. The second-order valence-electron chi connectivity index (χ2n) is 5.78. The second kappa shape index (κ2) is 12.3. The van der Waals surface area contributed by atoms with Gasteiger partial charge in [0.05, 0.1) is 33.3 Å². The van der Waals surface area contributed by atoms with Crippen molar-refractivity contribution in [2.45, 2.75) is 0 Å². The molecule has 0 aliphatic carbocycles. The van der Waals surface area contributed by atoms with Crippen molar-refractivity contribution < 1.29 is 28.5 Å². The standard InChI is InChI=1S/C20H27NO6S/c1-23-9-10-26-15-27-20-17(24-2)12-16(13-18(20)25-3)6-4-5-7-19(22)21-8-11-28-14-21/h4-7,12-13H,8-11,14-15H2,1-3H3/b6-4+,7-5+. The van der Waals surface area contributed by atoms with E-state index in [2.05, 4.69) is 0 Å². The molecule has 0 atom stereocenters. The molecule has 0 N–H and O–H groups in total. The Hall–Kier alpha value is -2.16. The van der Waals surface area contributed by atoms with Crippen LogP contribution in [0, 0.1) is 0 Å². The molecule has 1 aromatic carbocycles. The zero-order valence-corrected chi connectivity index (χ0v) is 17.3. The smallest absolute Gasteiger partial charge is 0.247 e.